The van der Waals surface area contributed by atoms with Crippen molar-refractivity contribution in [3.63, 3.8) is 0 Å². The summed E-state index contributed by atoms with van der Waals surface area (Å²) in [7, 11) is -3.32. The number of rotatable bonds is 6. The SMILES string of the molecule is Cc1cc(C(=O)Cn2c(CS(C)(=O)=O)nc3ccccc32)c(C)n1-c1ccc2c(c1)OCO2. The number of carbonyl (C=O) groups is 1. The van der Waals surface area contributed by atoms with E-state index in [1.807, 2.05) is 66.9 Å². The molecule has 0 fully saturated rings. The van der Waals surface area contributed by atoms with Crippen molar-refractivity contribution in [3.05, 3.63) is 71.3 Å². The van der Waals surface area contributed by atoms with Crippen LogP contribution in [0.25, 0.3) is 16.7 Å². The summed E-state index contributed by atoms with van der Waals surface area (Å²) < 4.78 is 38.5. The van der Waals surface area contributed by atoms with Crippen molar-refractivity contribution in [1.82, 2.24) is 14.1 Å². The van der Waals surface area contributed by atoms with E-state index in [0.29, 0.717) is 28.4 Å². The van der Waals surface area contributed by atoms with Gasteiger partial charge in [-0.25, -0.2) is 13.4 Å². The van der Waals surface area contributed by atoms with Gasteiger partial charge in [0.15, 0.2) is 27.1 Å². The highest BCUT2D eigenvalue weighted by Gasteiger charge is 2.22. The number of Topliss-reactive ketones (excluding diaryl/α,β-unsaturated/α-hetero) is 1. The number of ketones is 1. The molecule has 0 radical (unpaired) electrons. The predicted molar refractivity (Wildman–Crippen MR) is 124 cm³/mol. The van der Waals surface area contributed by atoms with Gasteiger partial charge in [-0.05, 0) is 44.2 Å². The van der Waals surface area contributed by atoms with E-state index < -0.39 is 9.84 Å². The number of hydrogen-bond acceptors (Lipinski definition) is 6. The molecular formula is C24H23N3O5S. The lowest BCUT2D eigenvalue weighted by Crippen LogP contribution is -2.16. The smallest absolute Gasteiger partial charge is 0.231 e. The minimum absolute atomic E-state index is 0.00318. The number of hydrogen-bond donors (Lipinski definition) is 0. The molecule has 2 aromatic heterocycles. The highest BCUT2D eigenvalue weighted by atomic mass is 32.2. The second-order valence-corrected chi connectivity index (χ2v) is 10.4. The maximum absolute atomic E-state index is 13.4. The molecule has 9 heteroatoms. The normalized spacial score (nSPS) is 13.1. The first-order valence-corrected chi connectivity index (χ1v) is 12.5. The fourth-order valence-electron chi connectivity index (χ4n) is 4.34. The molecule has 3 heterocycles. The Bertz CT molecular complexity index is 1510. The molecule has 4 aromatic rings. The number of aryl methyl sites for hydroxylation is 1. The molecule has 0 N–H and O–H groups in total. The number of fused-ring (bicyclic) bond motifs is 2. The first-order chi connectivity index (χ1) is 15.7. The molecule has 0 amide bonds. The average molecular weight is 466 g/mol. The second kappa shape index (κ2) is 7.77. The largest absolute Gasteiger partial charge is 0.454 e. The van der Waals surface area contributed by atoms with Gasteiger partial charge in [-0.15, -0.1) is 0 Å². The molecule has 0 bridgehead atoms. The van der Waals surface area contributed by atoms with Crippen LogP contribution in [0.5, 0.6) is 11.5 Å². The Kier molecular flexibility index (Phi) is 5.01. The fraction of sp³-hybridized carbons (Fsp3) is 0.250. The van der Waals surface area contributed by atoms with Crippen molar-refractivity contribution in [2.75, 3.05) is 13.0 Å². The summed E-state index contributed by atoms with van der Waals surface area (Å²) in [6.45, 7) is 4.03. The lowest BCUT2D eigenvalue weighted by atomic mass is 10.1. The predicted octanol–water partition coefficient (Wildman–Crippen LogP) is 3.60. The molecule has 33 heavy (non-hydrogen) atoms. The summed E-state index contributed by atoms with van der Waals surface area (Å²) in [6, 6.07) is 14.9. The van der Waals surface area contributed by atoms with Crippen LogP contribution in [-0.2, 0) is 22.1 Å². The van der Waals surface area contributed by atoms with Crippen LogP contribution in [0.4, 0.5) is 0 Å². The summed E-state index contributed by atoms with van der Waals surface area (Å²) in [5.41, 5.74) is 4.54. The second-order valence-electron chi connectivity index (χ2n) is 8.25. The quantitative estimate of drug-likeness (QED) is 0.404. The van der Waals surface area contributed by atoms with E-state index >= 15 is 0 Å². The summed E-state index contributed by atoms with van der Waals surface area (Å²) >= 11 is 0. The number of carbonyl (C=O) groups excluding carboxylic acids is 1. The fourth-order valence-corrected chi connectivity index (χ4v) is 5.03. The topological polar surface area (TPSA) is 92.4 Å². The lowest BCUT2D eigenvalue weighted by Gasteiger charge is -2.11. The number of nitrogens with zero attached hydrogens (tertiary/aromatic N) is 3. The van der Waals surface area contributed by atoms with Crippen LogP contribution >= 0.6 is 0 Å². The maximum atomic E-state index is 13.4. The number of sulfone groups is 1. The van der Waals surface area contributed by atoms with E-state index in [4.69, 9.17) is 9.47 Å². The van der Waals surface area contributed by atoms with E-state index in [-0.39, 0.29) is 24.9 Å². The van der Waals surface area contributed by atoms with Crippen LogP contribution in [0.1, 0.15) is 27.6 Å². The molecule has 8 nitrogen and oxygen atoms in total. The molecule has 170 valence electrons. The van der Waals surface area contributed by atoms with Crippen molar-refractivity contribution >= 4 is 26.7 Å². The van der Waals surface area contributed by atoms with Gasteiger partial charge < -0.3 is 18.6 Å². The third kappa shape index (κ3) is 3.89. The van der Waals surface area contributed by atoms with Gasteiger partial charge >= 0.3 is 0 Å². The van der Waals surface area contributed by atoms with Gasteiger partial charge in [0.25, 0.3) is 0 Å². The Balaban J connectivity index is 1.52. The first-order valence-electron chi connectivity index (χ1n) is 10.5. The van der Waals surface area contributed by atoms with E-state index in [1.54, 1.807) is 4.57 Å². The monoisotopic (exact) mass is 465 g/mol. The summed E-state index contributed by atoms with van der Waals surface area (Å²) in [5.74, 6) is 1.38. The molecule has 0 saturated carbocycles. The zero-order chi connectivity index (χ0) is 23.3. The van der Waals surface area contributed by atoms with E-state index in [1.165, 1.54) is 0 Å². The Morgan fingerprint density at radius 3 is 2.61 bits per heavy atom. The third-order valence-electron chi connectivity index (χ3n) is 5.77. The molecular weight excluding hydrogens is 442 g/mol. The molecule has 0 saturated heterocycles. The summed E-state index contributed by atoms with van der Waals surface area (Å²) in [6.07, 6.45) is 1.16. The van der Waals surface area contributed by atoms with E-state index in [0.717, 1.165) is 28.8 Å². The van der Waals surface area contributed by atoms with Gasteiger partial charge in [0.05, 0.1) is 17.6 Å². The van der Waals surface area contributed by atoms with Gasteiger partial charge in [0, 0.05) is 35.0 Å². The van der Waals surface area contributed by atoms with Crippen molar-refractivity contribution in [1.29, 1.82) is 0 Å². The van der Waals surface area contributed by atoms with Gasteiger partial charge in [0.1, 0.15) is 11.6 Å². The maximum Gasteiger partial charge on any atom is 0.231 e. The molecule has 0 atom stereocenters. The number of para-hydroxylation sites is 2. The molecule has 0 spiro atoms. The van der Waals surface area contributed by atoms with Gasteiger partial charge in [-0.3, -0.25) is 4.79 Å². The number of aromatic nitrogens is 3. The van der Waals surface area contributed by atoms with E-state index in [9.17, 15) is 13.2 Å². The lowest BCUT2D eigenvalue weighted by molar-refractivity contribution is 0.0972. The Labute approximate surface area is 191 Å². The van der Waals surface area contributed by atoms with Crippen LogP contribution in [0.15, 0.2) is 48.5 Å². The zero-order valence-corrected chi connectivity index (χ0v) is 19.3. The molecule has 1 aliphatic heterocycles. The van der Waals surface area contributed by atoms with E-state index in [2.05, 4.69) is 4.98 Å². The summed E-state index contributed by atoms with van der Waals surface area (Å²) in [4.78, 5) is 17.9. The molecule has 1 aliphatic rings. The van der Waals surface area contributed by atoms with Crippen LogP contribution < -0.4 is 9.47 Å². The van der Waals surface area contributed by atoms with Crippen LogP contribution in [0.2, 0.25) is 0 Å². The Morgan fingerprint density at radius 2 is 1.82 bits per heavy atom. The van der Waals surface area contributed by atoms with Gasteiger partial charge in [0.2, 0.25) is 6.79 Å². The number of imidazole rings is 1. The molecule has 2 aromatic carbocycles. The Hall–Kier alpha value is -3.59. The van der Waals surface area contributed by atoms with Crippen LogP contribution in [0.3, 0.4) is 0 Å². The van der Waals surface area contributed by atoms with Crippen LogP contribution in [-0.4, -0.2) is 41.4 Å². The average Bonchev–Trinajstić information content (AvgIpc) is 3.43. The van der Waals surface area contributed by atoms with Crippen molar-refractivity contribution in [2.45, 2.75) is 26.1 Å². The minimum Gasteiger partial charge on any atom is -0.454 e. The molecule has 0 unspecified atom stereocenters. The van der Waals surface area contributed by atoms with Crippen LogP contribution in [0, 0.1) is 13.8 Å². The van der Waals surface area contributed by atoms with Gasteiger partial charge in [-0.1, -0.05) is 12.1 Å². The first kappa shape index (κ1) is 21.3. The minimum atomic E-state index is -3.32. The van der Waals surface area contributed by atoms with Crippen molar-refractivity contribution < 1.29 is 22.7 Å². The van der Waals surface area contributed by atoms with Crippen molar-refractivity contribution in [2.24, 2.45) is 0 Å². The summed E-state index contributed by atoms with van der Waals surface area (Å²) in [5, 5.41) is 0. The zero-order valence-electron chi connectivity index (χ0n) is 18.5. The highest BCUT2D eigenvalue weighted by Crippen LogP contribution is 2.35. The highest BCUT2D eigenvalue weighted by molar-refractivity contribution is 7.89. The third-order valence-corrected chi connectivity index (χ3v) is 6.56. The molecule has 5 rings (SSSR count). The van der Waals surface area contributed by atoms with Crippen molar-refractivity contribution in [3.8, 4) is 17.2 Å². The molecule has 0 aliphatic carbocycles. The van der Waals surface area contributed by atoms with Gasteiger partial charge in [-0.2, -0.15) is 0 Å². The Morgan fingerprint density at radius 1 is 1.06 bits per heavy atom. The standard InChI is InChI=1S/C24H23N3O5S/c1-15-10-18(16(2)27(15)17-8-9-22-23(11-17)32-14-31-22)21(28)12-26-20-7-5-4-6-19(20)25-24(26)13-33(3,29)30/h4-11H,12-14H2,1-3H3. The number of ether oxygens (including phenoxy) is 2. The number of benzene rings is 2.